The minimum Gasteiger partial charge on any atom is -0.497 e. The zero-order valence-electron chi connectivity index (χ0n) is 13.1. The van der Waals surface area contributed by atoms with Gasteiger partial charge in [-0.05, 0) is 18.9 Å². The molecule has 0 atom stereocenters. The Hall–Kier alpha value is -0.870. The molecule has 1 aromatic rings. The first kappa shape index (κ1) is 17.2. The molecule has 1 fully saturated rings. The molecular weight excluding hydrogens is 270 g/mol. The van der Waals surface area contributed by atoms with Gasteiger partial charge in [-0.1, -0.05) is 44.7 Å². The Labute approximate surface area is 127 Å². The first-order valence-corrected chi connectivity index (χ1v) is 8.31. The number of nitrogens with one attached hydrogen (secondary N) is 1. The molecule has 0 amide bonds. The molecule has 0 aliphatic heterocycles. The summed E-state index contributed by atoms with van der Waals surface area (Å²) in [6, 6.07) is 5.96. The molecule has 0 unspecified atom stereocenters. The molecule has 1 aromatic carbocycles. The van der Waals surface area contributed by atoms with Crippen molar-refractivity contribution in [3.05, 3.63) is 23.8 Å². The SMILES string of the molecule is CC.COc1ccc(CNSC2CCCC2)c(OC)c1. The fourth-order valence-corrected chi connectivity index (χ4v) is 3.28. The molecule has 0 bridgehead atoms. The number of benzene rings is 1. The monoisotopic (exact) mass is 297 g/mol. The first-order valence-electron chi connectivity index (χ1n) is 7.43. The number of rotatable bonds is 6. The van der Waals surface area contributed by atoms with Crippen molar-refractivity contribution in [1.29, 1.82) is 0 Å². The Morgan fingerprint density at radius 1 is 1.15 bits per heavy atom. The molecule has 0 spiro atoms. The predicted molar refractivity (Wildman–Crippen MR) is 87.6 cm³/mol. The van der Waals surface area contributed by atoms with Crippen LogP contribution in [0.2, 0.25) is 0 Å². The molecule has 1 aliphatic rings. The molecule has 0 saturated heterocycles. The van der Waals surface area contributed by atoms with Gasteiger partial charge in [0.2, 0.25) is 0 Å². The number of hydrogen-bond acceptors (Lipinski definition) is 4. The van der Waals surface area contributed by atoms with Crippen LogP contribution < -0.4 is 14.2 Å². The minimum atomic E-state index is 0.786. The molecule has 0 aromatic heterocycles. The van der Waals surface area contributed by atoms with Gasteiger partial charge in [-0.25, -0.2) is 0 Å². The number of methoxy groups -OCH3 is 2. The summed E-state index contributed by atoms with van der Waals surface area (Å²) < 4.78 is 14.0. The van der Waals surface area contributed by atoms with Crippen molar-refractivity contribution in [2.24, 2.45) is 0 Å². The van der Waals surface area contributed by atoms with E-state index in [1.165, 1.54) is 31.2 Å². The fraction of sp³-hybridized carbons (Fsp3) is 0.625. The van der Waals surface area contributed by atoms with Crippen LogP contribution in [0.4, 0.5) is 0 Å². The molecule has 3 nitrogen and oxygen atoms in total. The summed E-state index contributed by atoms with van der Waals surface area (Å²) in [5, 5.41) is 0.786. The lowest BCUT2D eigenvalue weighted by Crippen LogP contribution is -2.10. The molecule has 1 N–H and O–H groups in total. The molecule has 4 heteroatoms. The maximum Gasteiger partial charge on any atom is 0.127 e. The van der Waals surface area contributed by atoms with Crippen LogP contribution in [0.3, 0.4) is 0 Å². The Morgan fingerprint density at radius 3 is 2.45 bits per heavy atom. The van der Waals surface area contributed by atoms with E-state index < -0.39 is 0 Å². The van der Waals surface area contributed by atoms with Gasteiger partial charge in [-0.2, -0.15) is 0 Å². The van der Waals surface area contributed by atoms with Gasteiger partial charge in [0.1, 0.15) is 11.5 Å². The highest BCUT2D eigenvalue weighted by Gasteiger charge is 2.15. The fourth-order valence-electron chi connectivity index (χ4n) is 2.24. The molecule has 1 saturated carbocycles. The summed E-state index contributed by atoms with van der Waals surface area (Å²) >= 11 is 1.87. The molecule has 2 rings (SSSR count). The van der Waals surface area contributed by atoms with E-state index in [9.17, 15) is 0 Å². The summed E-state index contributed by atoms with van der Waals surface area (Å²) in [6.07, 6.45) is 5.45. The first-order chi connectivity index (χ1) is 9.83. The van der Waals surface area contributed by atoms with Crippen LogP contribution in [-0.2, 0) is 6.54 Å². The zero-order chi connectivity index (χ0) is 14.8. The van der Waals surface area contributed by atoms with Gasteiger partial charge in [-0.3, -0.25) is 4.72 Å². The zero-order valence-corrected chi connectivity index (χ0v) is 13.9. The average molecular weight is 297 g/mol. The van der Waals surface area contributed by atoms with Crippen molar-refractivity contribution < 1.29 is 9.47 Å². The standard InChI is InChI=1S/C14H21NO2S.C2H6/c1-16-12-8-7-11(14(9-12)17-2)10-15-18-13-5-3-4-6-13;1-2/h7-9,13,15H,3-6,10H2,1-2H3;1-2H3. The maximum absolute atomic E-state index is 5.38. The second kappa shape index (κ2) is 9.94. The van der Waals surface area contributed by atoms with Crippen LogP contribution in [0.15, 0.2) is 18.2 Å². The normalized spacial score (nSPS) is 14.6. The Bertz CT molecular complexity index is 379. The van der Waals surface area contributed by atoms with Gasteiger partial charge in [0.25, 0.3) is 0 Å². The third-order valence-electron chi connectivity index (χ3n) is 3.31. The van der Waals surface area contributed by atoms with Crippen molar-refractivity contribution in [3.8, 4) is 11.5 Å². The van der Waals surface area contributed by atoms with Gasteiger partial charge >= 0.3 is 0 Å². The highest BCUT2D eigenvalue weighted by atomic mass is 32.2. The lowest BCUT2D eigenvalue weighted by molar-refractivity contribution is 0.391. The maximum atomic E-state index is 5.38. The van der Waals surface area contributed by atoms with Crippen molar-refractivity contribution in [2.45, 2.75) is 51.3 Å². The van der Waals surface area contributed by atoms with E-state index in [4.69, 9.17) is 9.47 Å². The third-order valence-corrected chi connectivity index (χ3v) is 4.42. The average Bonchev–Trinajstić information content (AvgIpc) is 3.03. The van der Waals surface area contributed by atoms with Crippen LogP contribution in [0, 0.1) is 0 Å². The van der Waals surface area contributed by atoms with Gasteiger partial charge in [0, 0.05) is 23.4 Å². The predicted octanol–water partition coefficient (Wildman–Crippen LogP) is 4.41. The van der Waals surface area contributed by atoms with Crippen molar-refractivity contribution >= 4 is 11.9 Å². The van der Waals surface area contributed by atoms with Crippen LogP contribution in [-0.4, -0.2) is 19.5 Å². The largest absolute Gasteiger partial charge is 0.497 e. The summed E-state index contributed by atoms with van der Waals surface area (Å²) in [5.41, 5.74) is 1.17. The van der Waals surface area contributed by atoms with Gasteiger partial charge in [0.15, 0.2) is 0 Å². The van der Waals surface area contributed by atoms with Crippen LogP contribution in [0.5, 0.6) is 11.5 Å². The lowest BCUT2D eigenvalue weighted by atomic mass is 10.2. The molecule has 114 valence electrons. The topological polar surface area (TPSA) is 30.5 Å². The third kappa shape index (κ3) is 5.25. The van der Waals surface area contributed by atoms with Gasteiger partial charge < -0.3 is 9.47 Å². The van der Waals surface area contributed by atoms with E-state index in [2.05, 4.69) is 10.8 Å². The van der Waals surface area contributed by atoms with Gasteiger partial charge in [-0.15, -0.1) is 0 Å². The van der Waals surface area contributed by atoms with Gasteiger partial charge in [0.05, 0.1) is 14.2 Å². The Morgan fingerprint density at radius 2 is 1.85 bits per heavy atom. The molecule has 0 heterocycles. The minimum absolute atomic E-state index is 0.786. The molecule has 1 aliphatic carbocycles. The second-order valence-corrected chi connectivity index (χ2v) is 5.71. The van der Waals surface area contributed by atoms with E-state index in [-0.39, 0.29) is 0 Å². The lowest BCUT2D eigenvalue weighted by Gasteiger charge is -2.13. The number of hydrogen-bond donors (Lipinski definition) is 1. The van der Waals surface area contributed by atoms with Crippen LogP contribution >= 0.6 is 11.9 Å². The Balaban J connectivity index is 0.000000956. The summed E-state index contributed by atoms with van der Waals surface area (Å²) in [4.78, 5) is 0. The molecular formula is C16H27NO2S. The van der Waals surface area contributed by atoms with Crippen molar-refractivity contribution in [1.82, 2.24) is 4.72 Å². The molecule has 20 heavy (non-hydrogen) atoms. The van der Waals surface area contributed by atoms with Crippen LogP contribution in [0.1, 0.15) is 45.1 Å². The van der Waals surface area contributed by atoms with E-state index in [0.29, 0.717) is 0 Å². The quantitative estimate of drug-likeness (QED) is 0.788. The summed E-state index contributed by atoms with van der Waals surface area (Å²) in [6.45, 7) is 4.83. The molecule has 0 radical (unpaired) electrons. The van der Waals surface area contributed by atoms with E-state index in [0.717, 1.165) is 23.3 Å². The highest BCUT2D eigenvalue weighted by molar-refractivity contribution is 7.98. The van der Waals surface area contributed by atoms with E-state index in [1.807, 2.05) is 37.9 Å². The summed E-state index contributed by atoms with van der Waals surface area (Å²) in [7, 11) is 3.37. The van der Waals surface area contributed by atoms with E-state index in [1.54, 1.807) is 14.2 Å². The number of ether oxygens (including phenoxy) is 2. The van der Waals surface area contributed by atoms with Crippen molar-refractivity contribution in [2.75, 3.05) is 14.2 Å². The summed E-state index contributed by atoms with van der Waals surface area (Å²) in [5.74, 6) is 1.72. The van der Waals surface area contributed by atoms with Crippen molar-refractivity contribution in [3.63, 3.8) is 0 Å². The van der Waals surface area contributed by atoms with E-state index >= 15 is 0 Å². The highest BCUT2D eigenvalue weighted by Crippen LogP contribution is 2.29. The second-order valence-electron chi connectivity index (χ2n) is 4.52. The smallest absolute Gasteiger partial charge is 0.127 e. The van der Waals surface area contributed by atoms with Crippen LogP contribution in [0.25, 0.3) is 0 Å². The Kier molecular flexibility index (Phi) is 8.54.